The lowest BCUT2D eigenvalue weighted by Crippen LogP contribution is -2.43. The van der Waals surface area contributed by atoms with E-state index in [1.165, 1.54) is 7.11 Å². The molecule has 1 heterocycles. The Morgan fingerprint density at radius 1 is 1.09 bits per heavy atom. The Labute approximate surface area is 187 Å². The molecule has 2 amide bonds. The first-order valence-corrected chi connectivity index (χ1v) is 9.92. The maximum atomic E-state index is 12.8. The van der Waals surface area contributed by atoms with Gasteiger partial charge in [-0.25, -0.2) is 4.68 Å². The molecule has 12 heteroatoms. The number of hydrogen-bond acceptors (Lipinski definition) is 8. The smallest absolute Gasteiger partial charge is 0.290 e. The van der Waals surface area contributed by atoms with Gasteiger partial charge in [-0.1, -0.05) is 18.2 Å². The summed E-state index contributed by atoms with van der Waals surface area (Å²) in [6, 6.07) is 8.65. The van der Waals surface area contributed by atoms with Crippen molar-refractivity contribution in [2.45, 2.75) is 20.4 Å². The van der Waals surface area contributed by atoms with E-state index < -0.39 is 22.4 Å². The van der Waals surface area contributed by atoms with E-state index in [9.17, 15) is 24.5 Å². The van der Waals surface area contributed by atoms with Crippen LogP contribution < -0.4 is 25.9 Å². The van der Waals surface area contributed by atoms with Gasteiger partial charge < -0.3 is 9.47 Å². The van der Waals surface area contributed by atoms with E-state index in [1.807, 2.05) is 0 Å². The summed E-state index contributed by atoms with van der Waals surface area (Å²) in [6.07, 6.45) is 0. The van der Waals surface area contributed by atoms with E-state index in [0.29, 0.717) is 5.39 Å². The molecule has 33 heavy (non-hydrogen) atoms. The van der Waals surface area contributed by atoms with E-state index in [0.717, 1.165) is 16.8 Å². The zero-order chi connectivity index (χ0) is 24.1. The highest BCUT2D eigenvalue weighted by atomic mass is 16.6. The number of benzene rings is 2. The highest BCUT2D eigenvalue weighted by Crippen LogP contribution is 2.34. The first-order valence-electron chi connectivity index (χ1n) is 9.92. The van der Waals surface area contributed by atoms with Crippen LogP contribution in [0.25, 0.3) is 10.8 Å². The summed E-state index contributed by atoms with van der Waals surface area (Å²) in [4.78, 5) is 48.6. The zero-order valence-electron chi connectivity index (χ0n) is 18.1. The molecular weight excluding hydrogens is 434 g/mol. The lowest BCUT2D eigenvalue weighted by Gasteiger charge is -2.13. The molecular formula is C21H21N5O7. The Bertz CT molecular complexity index is 1300. The third kappa shape index (κ3) is 4.59. The number of methoxy groups -OCH3 is 1. The minimum absolute atomic E-state index is 0.0848. The Balaban J connectivity index is 1.92. The summed E-state index contributed by atoms with van der Waals surface area (Å²) in [7, 11) is 1.31. The normalized spacial score (nSPS) is 10.5. The molecule has 2 N–H and O–H groups in total. The number of aromatic nitrogens is 2. The number of nitrogens with one attached hydrogen (secondary N) is 2. The molecule has 2 aromatic carbocycles. The number of hydrazine groups is 1. The quantitative estimate of drug-likeness (QED) is 0.404. The largest absolute Gasteiger partial charge is 0.493 e. The molecule has 1 aromatic heterocycles. The van der Waals surface area contributed by atoms with E-state index in [-0.39, 0.29) is 46.9 Å². The van der Waals surface area contributed by atoms with Crippen molar-refractivity contribution < 1.29 is 24.0 Å². The van der Waals surface area contributed by atoms with Gasteiger partial charge in [-0.15, -0.1) is 0 Å². The molecule has 0 aliphatic carbocycles. The predicted molar refractivity (Wildman–Crippen MR) is 117 cm³/mol. The molecule has 0 saturated carbocycles. The molecule has 0 spiro atoms. The van der Waals surface area contributed by atoms with Crippen LogP contribution in [-0.2, 0) is 6.54 Å². The number of carbonyl (C=O) groups excluding carboxylic acids is 2. The zero-order valence-corrected chi connectivity index (χ0v) is 18.1. The monoisotopic (exact) mass is 455 g/mol. The van der Waals surface area contributed by atoms with Crippen LogP contribution in [-0.4, -0.2) is 40.2 Å². The third-order valence-corrected chi connectivity index (χ3v) is 4.70. The van der Waals surface area contributed by atoms with Crippen LogP contribution in [0.15, 0.2) is 41.2 Å². The number of nitro groups is 1. The Morgan fingerprint density at radius 2 is 1.76 bits per heavy atom. The molecule has 172 valence electrons. The van der Waals surface area contributed by atoms with Crippen molar-refractivity contribution in [1.82, 2.24) is 20.6 Å². The second-order valence-corrected chi connectivity index (χ2v) is 6.63. The first kappa shape index (κ1) is 23.2. The second-order valence-electron chi connectivity index (χ2n) is 6.63. The van der Waals surface area contributed by atoms with Gasteiger partial charge in [0.25, 0.3) is 23.1 Å². The third-order valence-electron chi connectivity index (χ3n) is 4.70. The van der Waals surface area contributed by atoms with Crippen LogP contribution >= 0.6 is 0 Å². The molecule has 0 unspecified atom stereocenters. The fourth-order valence-electron chi connectivity index (χ4n) is 3.17. The van der Waals surface area contributed by atoms with Crippen molar-refractivity contribution >= 4 is 28.3 Å². The maximum Gasteiger partial charge on any atom is 0.290 e. The highest BCUT2D eigenvalue weighted by molar-refractivity contribution is 6.06. The summed E-state index contributed by atoms with van der Waals surface area (Å²) >= 11 is 0. The minimum Gasteiger partial charge on any atom is -0.493 e. The average Bonchev–Trinajstić information content (AvgIpc) is 2.82. The molecule has 0 radical (unpaired) electrons. The molecule has 12 nitrogen and oxygen atoms in total. The van der Waals surface area contributed by atoms with Crippen LogP contribution in [0.1, 0.15) is 34.7 Å². The van der Waals surface area contributed by atoms with Gasteiger partial charge in [-0.3, -0.25) is 35.3 Å². The van der Waals surface area contributed by atoms with Crippen LogP contribution in [0, 0.1) is 10.1 Å². The number of fused-ring (bicyclic) bond motifs is 1. The second kappa shape index (κ2) is 9.77. The molecule has 3 aromatic rings. The lowest BCUT2D eigenvalue weighted by molar-refractivity contribution is -0.385. The van der Waals surface area contributed by atoms with Crippen LogP contribution in [0.4, 0.5) is 5.69 Å². The van der Waals surface area contributed by atoms with Gasteiger partial charge in [0.1, 0.15) is 5.56 Å². The van der Waals surface area contributed by atoms with Gasteiger partial charge in [0, 0.05) is 18.0 Å². The highest BCUT2D eigenvalue weighted by Gasteiger charge is 2.25. The van der Waals surface area contributed by atoms with Crippen LogP contribution in [0.5, 0.6) is 11.5 Å². The minimum atomic E-state index is -0.952. The summed E-state index contributed by atoms with van der Waals surface area (Å²) in [6.45, 7) is 3.87. The molecule has 0 atom stereocenters. The van der Waals surface area contributed by atoms with Gasteiger partial charge >= 0.3 is 0 Å². The van der Waals surface area contributed by atoms with Crippen molar-refractivity contribution in [3.8, 4) is 11.5 Å². The fourth-order valence-corrected chi connectivity index (χ4v) is 3.17. The number of amides is 2. The molecule has 3 rings (SSSR count). The number of ether oxygens (including phenoxy) is 2. The standard InChI is InChI=1S/C21H21N5O7/c1-4-25-21(29)13-9-7-6-8-12(13)18(24-25)20(28)23-22-19(27)14-10-17(33-5-2)16(32-3)11-15(14)26(30)31/h6-11H,4-5H2,1-3H3,(H,22,27)(H,23,28). The lowest BCUT2D eigenvalue weighted by atomic mass is 10.1. The van der Waals surface area contributed by atoms with Crippen molar-refractivity contribution in [2.24, 2.45) is 0 Å². The Kier molecular flexibility index (Phi) is 6.86. The van der Waals surface area contributed by atoms with E-state index in [1.54, 1.807) is 38.1 Å². The number of rotatable bonds is 7. The van der Waals surface area contributed by atoms with E-state index in [4.69, 9.17) is 9.47 Å². The number of hydrogen-bond donors (Lipinski definition) is 2. The summed E-state index contributed by atoms with van der Waals surface area (Å²) in [5.74, 6) is -1.54. The summed E-state index contributed by atoms with van der Waals surface area (Å²) in [5.41, 5.74) is 3.01. The number of aryl methyl sites for hydroxylation is 1. The summed E-state index contributed by atoms with van der Waals surface area (Å²) < 4.78 is 11.6. The molecule has 0 bridgehead atoms. The van der Waals surface area contributed by atoms with Crippen molar-refractivity contribution in [3.63, 3.8) is 0 Å². The summed E-state index contributed by atoms with van der Waals surface area (Å²) in [5, 5.41) is 16.1. The van der Waals surface area contributed by atoms with Crippen LogP contribution in [0.2, 0.25) is 0 Å². The number of carbonyl (C=O) groups is 2. The van der Waals surface area contributed by atoms with Crippen molar-refractivity contribution in [1.29, 1.82) is 0 Å². The van der Waals surface area contributed by atoms with E-state index in [2.05, 4.69) is 16.0 Å². The SMILES string of the molecule is CCOc1cc(C(=O)NNC(=O)c2nn(CC)c(=O)c3ccccc23)c([N+](=O)[O-])cc1OC. The van der Waals surface area contributed by atoms with Gasteiger partial charge in [0.15, 0.2) is 17.2 Å². The number of nitrogens with zero attached hydrogens (tertiary/aromatic N) is 3. The van der Waals surface area contributed by atoms with Gasteiger partial charge in [0.2, 0.25) is 0 Å². The molecule has 0 fully saturated rings. The molecule has 0 aliphatic heterocycles. The predicted octanol–water partition coefficient (Wildman–Crippen LogP) is 1.81. The average molecular weight is 455 g/mol. The van der Waals surface area contributed by atoms with Gasteiger partial charge in [-0.05, 0) is 19.9 Å². The topological polar surface area (TPSA) is 155 Å². The van der Waals surface area contributed by atoms with Crippen molar-refractivity contribution in [2.75, 3.05) is 13.7 Å². The van der Waals surface area contributed by atoms with Crippen molar-refractivity contribution in [3.05, 3.63) is 68.1 Å². The fraction of sp³-hybridized carbons (Fsp3) is 0.238. The molecule has 0 saturated heterocycles. The Morgan fingerprint density at radius 3 is 2.36 bits per heavy atom. The molecule has 0 aliphatic rings. The first-order chi connectivity index (χ1) is 15.8. The van der Waals surface area contributed by atoms with E-state index >= 15 is 0 Å². The number of nitro benzene ring substituents is 1. The van der Waals surface area contributed by atoms with Gasteiger partial charge in [0.05, 0.1) is 30.1 Å². The Hall–Kier alpha value is -4.48. The maximum absolute atomic E-state index is 12.8. The van der Waals surface area contributed by atoms with Gasteiger partial charge in [-0.2, -0.15) is 5.10 Å². The van der Waals surface area contributed by atoms with Crippen LogP contribution in [0.3, 0.4) is 0 Å².